The number of hydrogen-bond donors (Lipinski definition) is 0. The van der Waals surface area contributed by atoms with Crippen molar-refractivity contribution in [3.05, 3.63) is 0 Å². The molecule has 0 aromatic heterocycles. The van der Waals surface area contributed by atoms with Crippen molar-refractivity contribution < 1.29 is 3.48 Å². The quantitative estimate of drug-likeness (QED) is 0.463. The zero-order chi connectivity index (χ0) is 5.21. The van der Waals surface area contributed by atoms with E-state index in [-0.39, 0.29) is 0 Å². The van der Waals surface area contributed by atoms with E-state index in [4.69, 9.17) is 3.48 Å². The molecular weight excluding hydrogens is 107 g/mol. The normalized spacial score (nSPS) is 11.8. The molecular formula is C3H9AlOSi. The topological polar surface area (TPSA) is 9.23 Å². The second-order valence-electron chi connectivity index (χ2n) is 2.23. The minimum atomic E-state index is -1.17. The molecule has 1 nitrogen and oxygen atoms in total. The van der Waals surface area contributed by atoms with E-state index in [2.05, 4.69) is 36.3 Å². The molecule has 0 spiro atoms. The minimum absolute atomic E-state index is 1.17. The first-order chi connectivity index (χ1) is 2.56. The van der Waals surface area contributed by atoms with Gasteiger partial charge in [0, 0.05) is 0 Å². The van der Waals surface area contributed by atoms with Crippen LogP contribution in [0.2, 0.25) is 19.6 Å². The highest BCUT2D eigenvalue weighted by molar-refractivity contribution is 6.72. The molecule has 0 bridgehead atoms. The van der Waals surface area contributed by atoms with E-state index in [1.807, 2.05) is 0 Å². The van der Waals surface area contributed by atoms with Crippen molar-refractivity contribution in [1.82, 2.24) is 0 Å². The lowest BCUT2D eigenvalue weighted by Crippen LogP contribution is -2.23. The van der Waals surface area contributed by atoms with Crippen LogP contribution in [-0.4, -0.2) is 24.9 Å². The summed E-state index contributed by atoms with van der Waals surface area (Å²) in [5.74, 6) is 0. The highest BCUT2D eigenvalue weighted by Gasteiger charge is 2.06. The summed E-state index contributed by atoms with van der Waals surface area (Å²) in [7, 11) is -1.17. The molecule has 0 aliphatic heterocycles. The maximum absolute atomic E-state index is 4.99. The van der Waals surface area contributed by atoms with Crippen LogP contribution in [0.25, 0.3) is 0 Å². The summed E-state index contributed by atoms with van der Waals surface area (Å²) in [5, 5.41) is 0. The lowest BCUT2D eigenvalue weighted by molar-refractivity contribution is 0.620. The summed E-state index contributed by atoms with van der Waals surface area (Å²) in [6.07, 6.45) is 0. The summed E-state index contributed by atoms with van der Waals surface area (Å²) < 4.78 is 4.99. The van der Waals surface area contributed by atoms with Gasteiger partial charge in [-0.05, 0) is 19.6 Å². The lowest BCUT2D eigenvalue weighted by atomic mass is 11.8. The Morgan fingerprint density at radius 3 is 1.50 bits per heavy atom. The predicted molar refractivity (Wildman–Crippen MR) is 30.2 cm³/mol. The summed E-state index contributed by atoms with van der Waals surface area (Å²) in [5.41, 5.74) is 0. The molecule has 0 rings (SSSR count). The van der Waals surface area contributed by atoms with Crippen LogP contribution in [0.5, 0.6) is 0 Å². The molecule has 3 heteroatoms. The number of rotatable bonds is 1. The van der Waals surface area contributed by atoms with E-state index < -0.39 is 8.32 Å². The third-order valence-corrected chi connectivity index (χ3v) is 3.18. The maximum Gasteiger partial charge on any atom is 0.354 e. The fourth-order valence-electron chi connectivity index (χ4n) is 0. The Morgan fingerprint density at radius 1 is 1.33 bits per heavy atom. The average Bonchev–Trinajstić information content (AvgIpc) is 1.35. The van der Waals surface area contributed by atoms with Gasteiger partial charge >= 0.3 is 16.6 Å². The zero-order valence-electron chi connectivity index (χ0n) is 4.49. The maximum atomic E-state index is 4.99. The van der Waals surface area contributed by atoms with Crippen molar-refractivity contribution in [2.24, 2.45) is 0 Å². The Labute approximate surface area is 48.6 Å². The van der Waals surface area contributed by atoms with Crippen molar-refractivity contribution >= 4 is 24.9 Å². The summed E-state index contributed by atoms with van der Waals surface area (Å²) >= 11 is 2.29. The first kappa shape index (κ1) is 6.71. The van der Waals surface area contributed by atoms with Crippen LogP contribution in [0.4, 0.5) is 0 Å². The lowest BCUT2D eigenvalue weighted by Gasteiger charge is -2.13. The monoisotopic (exact) mass is 116 g/mol. The van der Waals surface area contributed by atoms with Gasteiger partial charge < -0.3 is 3.48 Å². The fourth-order valence-corrected chi connectivity index (χ4v) is 0. The Hall–Kier alpha value is 0.709. The third kappa shape index (κ3) is 4.71. The van der Waals surface area contributed by atoms with Crippen molar-refractivity contribution in [3.63, 3.8) is 0 Å². The van der Waals surface area contributed by atoms with Crippen molar-refractivity contribution in [2.45, 2.75) is 19.6 Å². The summed E-state index contributed by atoms with van der Waals surface area (Å²) in [4.78, 5) is 0. The molecule has 0 heterocycles. The molecule has 6 heavy (non-hydrogen) atoms. The predicted octanol–water partition coefficient (Wildman–Crippen LogP) is 0.921. The van der Waals surface area contributed by atoms with Gasteiger partial charge in [0.15, 0.2) is 8.32 Å². The zero-order valence-corrected chi connectivity index (χ0v) is 6.64. The van der Waals surface area contributed by atoms with Gasteiger partial charge in [-0.25, -0.2) is 0 Å². The van der Waals surface area contributed by atoms with E-state index in [1.165, 1.54) is 0 Å². The molecule has 2 radical (unpaired) electrons. The van der Waals surface area contributed by atoms with Gasteiger partial charge in [-0.3, -0.25) is 0 Å². The van der Waals surface area contributed by atoms with Crippen molar-refractivity contribution in [2.75, 3.05) is 0 Å². The van der Waals surface area contributed by atoms with Crippen LogP contribution in [0.3, 0.4) is 0 Å². The van der Waals surface area contributed by atoms with E-state index in [0.717, 1.165) is 0 Å². The third-order valence-electron chi connectivity index (χ3n) is 0.354. The van der Waals surface area contributed by atoms with Gasteiger partial charge in [0.2, 0.25) is 0 Å². The molecule has 0 aromatic rings. The van der Waals surface area contributed by atoms with Crippen LogP contribution in [0.1, 0.15) is 0 Å². The first-order valence-corrected chi connectivity index (χ1v) is 5.82. The first-order valence-electron chi connectivity index (χ1n) is 1.94. The summed E-state index contributed by atoms with van der Waals surface area (Å²) in [6, 6.07) is 0. The Morgan fingerprint density at radius 2 is 1.50 bits per heavy atom. The van der Waals surface area contributed by atoms with Gasteiger partial charge in [-0.1, -0.05) is 0 Å². The Kier molecular flexibility index (Phi) is 2.38. The standard InChI is InChI=1S/C3H9OSi.Al/c1-5(2,3)4;/h1-3H3;/q-1;+1. The van der Waals surface area contributed by atoms with Crippen LogP contribution in [-0.2, 0) is 3.48 Å². The molecule has 34 valence electrons. The second kappa shape index (κ2) is 2.13. The van der Waals surface area contributed by atoms with E-state index in [0.29, 0.717) is 0 Å². The molecule has 0 aromatic carbocycles. The van der Waals surface area contributed by atoms with Gasteiger partial charge in [-0.2, -0.15) is 0 Å². The van der Waals surface area contributed by atoms with E-state index in [1.54, 1.807) is 0 Å². The van der Waals surface area contributed by atoms with Gasteiger partial charge in [0.1, 0.15) is 0 Å². The van der Waals surface area contributed by atoms with Crippen LogP contribution < -0.4 is 0 Å². The molecule has 0 saturated carbocycles. The largest absolute Gasteiger partial charge is 0.558 e. The van der Waals surface area contributed by atoms with Gasteiger partial charge in [0.05, 0.1) is 0 Å². The highest BCUT2D eigenvalue weighted by Crippen LogP contribution is 1.96. The SMILES string of the molecule is C[Si](C)(C)[O][Al]. The van der Waals surface area contributed by atoms with Crippen LogP contribution >= 0.6 is 0 Å². The minimum Gasteiger partial charge on any atom is -0.558 e. The molecule has 0 aliphatic carbocycles. The van der Waals surface area contributed by atoms with E-state index >= 15 is 0 Å². The van der Waals surface area contributed by atoms with Crippen LogP contribution in [0.15, 0.2) is 0 Å². The molecule has 0 amide bonds. The number of hydrogen-bond acceptors (Lipinski definition) is 1. The Bertz CT molecular complexity index is 40.5. The Balaban J connectivity index is 3.17. The summed E-state index contributed by atoms with van der Waals surface area (Å²) in [6.45, 7) is 6.42. The van der Waals surface area contributed by atoms with E-state index in [9.17, 15) is 0 Å². The highest BCUT2D eigenvalue weighted by atomic mass is 28.4. The molecule has 0 atom stereocenters. The van der Waals surface area contributed by atoms with Gasteiger partial charge in [-0.15, -0.1) is 0 Å². The fraction of sp³-hybridized carbons (Fsp3) is 1.00. The molecule has 0 saturated heterocycles. The molecule has 0 fully saturated rings. The average molecular weight is 116 g/mol. The molecule has 0 aliphatic rings. The molecule has 0 unspecified atom stereocenters. The van der Waals surface area contributed by atoms with Gasteiger partial charge in [0.25, 0.3) is 0 Å². The van der Waals surface area contributed by atoms with Crippen molar-refractivity contribution in [3.8, 4) is 0 Å². The molecule has 0 N–H and O–H groups in total. The van der Waals surface area contributed by atoms with Crippen molar-refractivity contribution in [1.29, 1.82) is 0 Å². The second-order valence-corrected chi connectivity index (χ2v) is 7.40. The smallest absolute Gasteiger partial charge is 0.354 e. The van der Waals surface area contributed by atoms with Crippen LogP contribution in [0, 0.1) is 0 Å².